The van der Waals surface area contributed by atoms with Crippen molar-refractivity contribution in [2.45, 2.75) is 38.4 Å². The lowest BCUT2D eigenvalue weighted by Gasteiger charge is -2.02. The third kappa shape index (κ3) is 2.01. The van der Waals surface area contributed by atoms with Gasteiger partial charge in [-0.25, -0.2) is 4.79 Å². The van der Waals surface area contributed by atoms with Crippen molar-refractivity contribution in [1.29, 1.82) is 0 Å². The van der Waals surface area contributed by atoms with E-state index in [1.165, 1.54) is 4.68 Å². The number of ether oxygens (including phenoxy) is 1. The summed E-state index contributed by atoms with van der Waals surface area (Å²) >= 11 is 0. The van der Waals surface area contributed by atoms with Gasteiger partial charge in [0.05, 0.1) is 12.2 Å². The highest BCUT2D eigenvalue weighted by molar-refractivity contribution is 5.67. The summed E-state index contributed by atoms with van der Waals surface area (Å²) in [4.78, 5) is 11.4. The summed E-state index contributed by atoms with van der Waals surface area (Å²) in [6, 6.07) is 0. The Morgan fingerprint density at radius 3 is 2.89 bits per heavy atom. The lowest BCUT2D eigenvalue weighted by molar-refractivity contribution is -0.747. The number of fused-ring (bicyclic) bond motifs is 3. The number of alkyl halides is 3. The Morgan fingerprint density at radius 2 is 2.26 bits per heavy atom. The van der Waals surface area contributed by atoms with E-state index in [4.69, 9.17) is 4.74 Å². The lowest BCUT2D eigenvalue weighted by Crippen LogP contribution is -2.44. The molecule has 0 aromatic carbocycles. The molecule has 2 aliphatic carbocycles. The van der Waals surface area contributed by atoms with Crippen molar-refractivity contribution in [2.75, 3.05) is 6.61 Å². The van der Waals surface area contributed by atoms with Crippen LogP contribution < -0.4 is 4.68 Å². The topological polar surface area (TPSA) is 46.0 Å². The van der Waals surface area contributed by atoms with Gasteiger partial charge in [0, 0.05) is 6.42 Å². The number of hydrogen-bond acceptors (Lipinski definition) is 2. The summed E-state index contributed by atoms with van der Waals surface area (Å²) < 4.78 is 45.0. The minimum Gasteiger partial charge on any atom is -0.461 e. The van der Waals surface area contributed by atoms with Crippen molar-refractivity contribution in [3.05, 3.63) is 17.0 Å². The molecule has 1 N–H and O–H groups in total. The number of esters is 1. The Kier molecular flexibility index (Phi) is 2.62. The Hall–Kier alpha value is -1.53. The molecule has 0 aliphatic heterocycles. The fraction of sp³-hybridized carbons (Fsp3) is 0.667. The van der Waals surface area contributed by atoms with Crippen LogP contribution >= 0.6 is 0 Å². The molecule has 2 unspecified atom stereocenters. The van der Waals surface area contributed by atoms with E-state index < -0.39 is 17.8 Å². The molecule has 7 heteroatoms. The number of aromatic nitrogens is 2. The van der Waals surface area contributed by atoms with Crippen LogP contribution in [0.4, 0.5) is 13.2 Å². The van der Waals surface area contributed by atoms with Crippen LogP contribution in [0.2, 0.25) is 0 Å². The molecule has 0 bridgehead atoms. The minimum atomic E-state index is -4.40. The van der Waals surface area contributed by atoms with Crippen LogP contribution in [-0.2, 0) is 28.7 Å². The second-order valence-electron chi connectivity index (χ2n) is 5.04. The molecule has 1 heterocycles. The van der Waals surface area contributed by atoms with E-state index in [1.807, 2.05) is 0 Å². The average Bonchev–Trinajstić information content (AvgIpc) is 2.80. The standard InChI is InChI=1S/C12H13F3N2O2/c1-2-19-9(18)5-17-8-4-6-3-7(6)10(8)11(16-17)12(13,14)15/h6-7H,2-5H2,1H3/p+1. The first-order valence-corrected chi connectivity index (χ1v) is 6.29. The first-order chi connectivity index (χ1) is 8.91. The number of hydrogen-bond donors (Lipinski definition) is 1. The maximum absolute atomic E-state index is 13.0. The molecule has 0 spiro atoms. The summed E-state index contributed by atoms with van der Waals surface area (Å²) in [6.45, 7) is 1.70. The molecule has 19 heavy (non-hydrogen) atoms. The van der Waals surface area contributed by atoms with Gasteiger partial charge in [-0.1, -0.05) is 0 Å². The van der Waals surface area contributed by atoms with Gasteiger partial charge >= 0.3 is 12.1 Å². The van der Waals surface area contributed by atoms with Crippen LogP contribution in [0.3, 0.4) is 0 Å². The number of halogens is 3. The van der Waals surface area contributed by atoms with E-state index in [9.17, 15) is 18.0 Å². The van der Waals surface area contributed by atoms with Gasteiger partial charge in [-0.05, 0) is 25.2 Å². The Morgan fingerprint density at radius 1 is 1.53 bits per heavy atom. The maximum atomic E-state index is 13.0. The highest BCUT2D eigenvalue weighted by Gasteiger charge is 2.56. The molecule has 2 atom stereocenters. The van der Waals surface area contributed by atoms with Crippen molar-refractivity contribution in [1.82, 2.24) is 5.10 Å². The summed E-state index contributed by atoms with van der Waals surface area (Å²) in [5.41, 5.74) is 0.278. The van der Waals surface area contributed by atoms with Gasteiger partial charge in [0.2, 0.25) is 5.69 Å². The quantitative estimate of drug-likeness (QED) is 0.672. The monoisotopic (exact) mass is 275 g/mol. The van der Waals surface area contributed by atoms with Crippen LogP contribution in [0, 0.1) is 5.92 Å². The predicted octanol–water partition coefficient (Wildman–Crippen LogP) is 1.54. The van der Waals surface area contributed by atoms with Crippen molar-refractivity contribution < 1.29 is 27.4 Å². The fourth-order valence-corrected chi connectivity index (χ4v) is 2.93. The first kappa shape index (κ1) is 12.5. The first-order valence-electron chi connectivity index (χ1n) is 6.29. The Labute approximate surface area is 107 Å². The lowest BCUT2D eigenvalue weighted by atomic mass is 10.1. The number of rotatable bonds is 3. The fourth-order valence-electron chi connectivity index (χ4n) is 2.93. The third-order valence-corrected chi connectivity index (χ3v) is 3.78. The zero-order chi connectivity index (χ0) is 13.8. The van der Waals surface area contributed by atoms with Crippen molar-refractivity contribution >= 4 is 5.97 Å². The van der Waals surface area contributed by atoms with E-state index in [2.05, 4.69) is 5.10 Å². The normalized spacial score (nSPS) is 24.0. The molecule has 1 aromatic heterocycles. The second-order valence-corrected chi connectivity index (χ2v) is 5.04. The Bertz CT molecular complexity index is 536. The van der Waals surface area contributed by atoms with E-state index in [0.29, 0.717) is 23.6 Å². The molecule has 4 nitrogen and oxygen atoms in total. The molecule has 104 valence electrons. The molecule has 0 saturated heterocycles. The predicted molar refractivity (Wildman–Crippen MR) is 57.2 cm³/mol. The smallest absolute Gasteiger partial charge is 0.437 e. The zero-order valence-corrected chi connectivity index (χ0v) is 10.4. The summed E-state index contributed by atoms with van der Waals surface area (Å²) in [6.07, 6.45) is -2.96. The van der Waals surface area contributed by atoms with Crippen LogP contribution in [-0.4, -0.2) is 17.7 Å². The summed E-state index contributed by atoms with van der Waals surface area (Å²) in [5, 5.41) is 2.33. The second kappa shape index (κ2) is 3.98. The van der Waals surface area contributed by atoms with Gasteiger partial charge in [0.15, 0.2) is 5.69 Å². The van der Waals surface area contributed by atoms with E-state index in [-0.39, 0.29) is 19.1 Å². The molecule has 3 rings (SSSR count). The minimum absolute atomic E-state index is 0.0197. The SMILES string of the molecule is CCOC(=O)C[n+]1[nH]c(C(F)(F)F)c2c1CC1CC21. The number of carbonyl (C=O) groups excluding carboxylic acids is 1. The highest BCUT2D eigenvalue weighted by Crippen LogP contribution is 2.57. The maximum Gasteiger partial charge on any atom is 0.437 e. The van der Waals surface area contributed by atoms with E-state index in [1.54, 1.807) is 6.92 Å². The van der Waals surface area contributed by atoms with Crippen molar-refractivity contribution in [3.8, 4) is 0 Å². The average molecular weight is 275 g/mol. The number of nitrogens with zero attached hydrogens (tertiary/aromatic N) is 1. The van der Waals surface area contributed by atoms with E-state index in [0.717, 1.165) is 6.42 Å². The van der Waals surface area contributed by atoms with Gasteiger partial charge in [0.1, 0.15) is 0 Å². The molecular weight excluding hydrogens is 261 g/mol. The molecule has 0 radical (unpaired) electrons. The van der Waals surface area contributed by atoms with Crippen molar-refractivity contribution in [2.24, 2.45) is 5.92 Å². The van der Waals surface area contributed by atoms with Crippen LogP contribution in [0.15, 0.2) is 0 Å². The molecular formula is C12H14F3N2O2+. The van der Waals surface area contributed by atoms with Gasteiger partial charge in [-0.2, -0.15) is 18.3 Å². The van der Waals surface area contributed by atoms with Gasteiger partial charge in [-0.15, -0.1) is 4.68 Å². The summed E-state index contributed by atoms with van der Waals surface area (Å²) in [5.74, 6) is -0.175. The molecule has 1 aromatic rings. The number of nitrogens with one attached hydrogen (secondary N) is 1. The van der Waals surface area contributed by atoms with Gasteiger partial charge in [-0.3, -0.25) is 0 Å². The van der Waals surface area contributed by atoms with Gasteiger partial charge in [0.25, 0.3) is 6.54 Å². The highest BCUT2D eigenvalue weighted by atomic mass is 19.4. The largest absolute Gasteiger partial charge is 0.461 e. The number of aromatic amines is 1. The van der Waals surface area contributed by atoms with Crippen LogP contribution in [0.25, 0.3) is 0 Å². The zero-order valence-electron chi connectivity index (χ0n) is 10.4. The molecule has 1 saturated carbocycles. The molecule has 1 fully saturated rings. The number of H-pyrrole nitrogens is 1. The Balaban J connectivity index is 1.94. The van der Waals surface area contributed by atoms with Crippen LogP contribution in [0.1, 0.15) is 36.2 Å². The van der Waals surface area contributed by atoms with E-state index >= 15 is 0 Å². The number of carbonyl (C=O) groups is 1. The summed E-state index contributed by atoms with van der Waals surface area (Å²) in [7, 11) is 0. The third-order valence-electron chi connectivity index (χ3n) is 3.78. The van der Waals surface area contributed by atoms with Gasteiger partial charge < -0.3 is 4.74 Å². The molecule has 2 aliphatic rings. The molecule has 0 amide bonds. The van der Waals surface area contributed by atoms with Crippen molar-refractivity contribution in [3.63, 3.8) is 0 Å². The van der Waals surface area contributed by atoms with Crippen LogP contribution in [0.5, 0.6) is 0 Å².